The van der Waals surface area contributed by atoms with Crippen molar-refractivity contribution in [2.24, 2.45) is 11.3 Å². The molecule has 0 aromatic carbocycles. The van der Waals surface area contributed by atoms with Crippen LogP contribution in [0.5, 0.6) is 0 Å². The second-order valence-corrected chi connectivity index (χ2v) is 7.84. The molecule has 21 heavy (non-hydrogen) atoms. The molecule has 1 aliphatic carbocycles. The molecule has 2 atom stereocenters. The van der Waals surface area contributed by atoms with Gasteiger partial charge in [-0.15, -0.1) is 0 Å². The maximum Gasteiger partial charge on any atom is 0.241 e. The molecule has 2 unspecified atom stereocenters. The predicted octanol–water partition coefficient (Wildman–Crippen LogP) is 3.78. The molecule has 3 rings (SSSR count). The van der Waals surface area contributed by atoms with Crippen molar-refractivity contribution in [1.82, 2.24) is 10.2 Å². The molecule has 1 N–H and O–H groups in total. The molecule has 1 aliphatic heterocycles. The minimum atomic E-state index is -0.0349. The summed E-state index contributed by atoms with van der Waals surface area (Å²) in [6.45, 7) is 7.43. The zero-order valence-corrected chi connectivity index (χ0v) is 14.1. The number of nitrogens with one attached hydrogen (secondary N) is 1. The normalized spacial score (nSPS) is 27.6. The Morgan fingerprint density at radius 3 is 2.76 bits per heavy atom. The molecule has 4 heteroatoms. The Balaban J connectivity index is 1.81. The SMILES string of the molecule is CCCC1(CN2C(=O)C(C(C)C)NC2c2ccsc2)CC1. The summed E-state index contributed by atoms with van der Waals surface area (Å²) in [5, 5.41) is 7.83. The number of hydrogen-bond acceptors (Lipinski definition) is 3. The summed E-state index contributed by atoms with van der Waals surface area (Å²) >= 11 is 1.71. The lowest BCUT2D eigenvalue weighted by atomic mass is 9.99. The van der Waals surface area contributed by atoms with E-state index in [4.69, 9.17) is 0 Å². The number of thiophene rings is 1. The summed E-state index contributed by atoms with van der Waals surface area (Å²) in [5.74, 6) is 0.633. The molecule has 0 spiro atoms. The standard InChI is InChI=1S/C17H26N2OS/c1-4-6-17(7-8-17)11-19-15(13-5-9-21-10-13)18-14(12(2)3)16(19)20/h5,9-10,12,14-15,18H,4,6-8,11H2,1-3H3. The zero-order chi connectivity index (χ0) is 15.0. The minimum absolute atomic E-state index is 0.0349. The molecule has 0 radical (unpaired) electrons. The van der Waals surface area contributed by atoms with Crippen LogP contribution in [0.2, 0.25) is 0 Å². The summed E-state index contributed by atoms with van der Waals surface area (Å²) in [5.41, 5.74) is 1.65. The van der Waals surface area contributed by atoms with E-state index in [0.29, 0.717) is 17.2 Å². The molecular weight excluding hydrogens is 280 g/mol. The minimum Gasteiger partial charge on any atom is -0.321 e. The average Bonchev–Trinajstić information content (AvgIpc) is 2.87. The molecule has 2 fully saturated rings. The van der Waals surface area contributed by atoms with Crippen molar-refractivity contribution in [2.75, 3.05) is 6.54 Å². The van der Waals surface area contributed by atoms with E-state index in [0.717, 1.165) is 6.54 Å². The van der Waals surface area contributed by atoms with Gasteiger partial charge >= 0.3 is 0 Å². The molecule has 1 aromatic heterocycles. The topological polar surface area (TPSA) is 32.3 Å². The van der Waals surface area contributed by atoms with Gasteiger partial charge in [0, 0.05) is 6.54 Å². The fraction of sp³-hybridized carbons (Fsp3) is 0.706. The van der Waals surface area contributed by atoms with Gasteiger partial charge in [0.15, 0.2) is 0 Å². The van der Waals surface area contributed by atoms with Crippen LogP contribution in [0.4, 0.5) is 0 Å². The van der Waals surface area contributed by atoms with Gasteiger partial charge in [0.1, 0.15) is 6.17 Å². The molecule has 3 nitrogen and oxygen atoms in total. The Hall–Kier alpha value is -0.870. The molecule has 2 heterocycles. The molecule has 0 bridgehead atoms. The summed E-state index contributed by atoms with van der Waals surface area (Å²) in [6, 6.07) is 2.11. The van der Waals surface area contributed by atoms with E-state index in [1.54, 1.807) is 11.3 Å². The number of amides is 1. The highest BCUT2D eigenvalue weighted by molar-refractivity contribution is 7.07. The number of rotatable bonds is 6. The van der Waals surface area contributed by atoms with Crippen LogP contribution in [-0.2, 0) is 4.79 Å². The third kappa shape index (κ3) is 2.88. The summed E-state index contributed by atoms with van der Waals surface area (Å²) in [7, 11) is 0. The molecular formula is C17H26N2OS. The van der Waals surface area contributed by atoms with E-state index in [2.05, 4.69) is 47.8 Å². The van der Waals surface area contributed by atoms with Gasteiger partial charge in [0.2, 0.25) is 5.91 Å². The van der Waals surface area contributed by atoms with Gasteiger partial charge in [-0.25, -0.2) is 0 Å². The van der Waals surface area contributed by atoms with E-state index >= 15 is 0 Å². The van der Waals surface area contributed by atoms with Crippen molar-refractivity contribution in [3.63, 3.8) is 0 Å². The van der Waals surface area contributed by atoms with Gasteiger partial charge in [-0.3, -0.25) is 10.1 Å². The van der Waals surface area contributed by atoms with E-state index in [1.165, 1.54) is 31.2 Å². The quantitative estimate of drug-likeness (QED) is 0.867. The highest BCUT2D eigenvalue weighted by atomic mass is 32.1. The molecule has 1 saturated carbocycles. The number of hydrogen-bond donors (Lipinski definition) is 1. The number of carbonyl (C=O) groups is 1. The van der Waals surface area contributed by atoms with Gasteiger partial charge in [-0.05, 0) is 53.0 Å². The van der Waals surface area contributed by atoms with Crippen molar-refractivity contribution in [2.45, 2.75) is 58.7 Å². The number of carbonyl (C=O) groups excluding carboxylic acids is 1. The summed E-state index contributed by atoms with van der Waals surface area (Å²) in [6.07, 6.45) is 5.11. The second kappa shape index (κ2) is 5.73. The molecule has 1 aromatic rings. The van der Waals surface area contributed by atoms with Crippen LogP contribution >= 0.6 is 11.3 Å². The monoisotopic (exact) mass is 306 g/mol. The Morgan fingerprint density at radius 2 is 2.24 bits per heavy atom. The van der Waals surface area contributed by atoms with Crippen molar-refractivity contribution < 1.29 is 4.79 Å². The highest BCUT2D eigenvalue weighted by Gasteiger charge is 2.49. The van der Waals surface area contributed by atoms with Crippen LogP contribution in [0.1, 0.15) is 58.2 Å². The number of nitrogens with zero attached hydrogens (tertiary/aromatic N) is 1. The lowest BCUT2D eigenvalue weighted by molar-refractivity contribution is -0.131. The molecule has 1 saturated heterocycles. The van der Waals surface area contributed by atoms with Gasteiger partial charge in [-0.1, -0.05) is 27.2 Å². The van der Waals surface area contributed by atoms with Gasteiger partial charge < -0.3 is 4.90 Å². The first-order valence-corrected chi connectivity index (χ1v) is 9.09. The van der Waals surface area contributed by atoms with Crippen molar-refractivity contribution in [3.05, 3.63) is 22.4 Å². The lowest BCUT2D eigenvalue weighted by Crippen LogP contribution is -2.37. The van der Waals surface area contributed by atoms with E-state index in [1.807, 2.05) is 0 Å². The van der Waals surface area contributed by atoms with E-state index in [9.17, 15) is 4.79 Å². The molecule has 1 amide bonds. The van der Waals surface area contributed by atoms with Crippen molar-refractivity contribution in [1.29, 1.82) is 0 Å². The summed E-state index contributed by atoms with van der Waals surface area (Å²) < 4.78 is 0. The third-order valence-electron chi connectivity index (χ3n) is 4.97. The Bertz CT molecular complexity index is 493. The molecule has 116 valence electrons. The first kappa shape index (κ1) is 15.0. The first-order valence-electron chi connectivity index (χ1n) is 8.15. The van der Waals surface area contributed by atoms with Crippen LogP contribution in [-0.4, -0.2) is 23.4 Å². The Labute approximate surface area is 131 Å². The highest BCUT2D eigenvalue weighted by Crippen LogP contribution is 2.51. The second-order valence-electron chi connectivity index (χ2n) is 7.06. The van der Waals surface area contributed by atoms with E-state index < -0.39 is 0 Å². The lowest BCUT2D eigenvalue weighted by Gasteiger charge is -2.28. The van der Waals surface area contributed by atoms with Gasteiger partial charge in [0.05, 0.1) is 6.04 Å². The summed E-state index contributed by atoms with van der Waals surface area (Å²) in [4.78, 5) is 14.9. The fourth-order valence-electron chi connectivity index (χ4n) is 3.55. The van der Waals surface area contributed by atoms with Crippen LogP contribution in [0.25, 0.3) is 0 Å². The fourth-order valence-corrected chi connectivity index (χ4v) is 4.23. The largest absolute Gasteiger partial charge is 0.321 e. The first-order chi connectivity index (χ1) is 10.1. The van der Waals surface area contributed by atoms with Crippen molar-refractivity contribution >= 4 is 17.2 Å². The van der Waals surface area contributed by atoms with Crippen molar-refractivity contribution in [3.8, 4) is 0 Å². The molecule has 2 aliphatic rings. The Kier molecular flexibility index (Phi) is 4.10. The average molecular weight is 306 g/mol. The zero-order valence-electron chi connectivity index (χ0n) is 13.3. The van der Waals surface area contributed by atoms with Gasteiger partial charge in [0.25, 0.3) is 0 Å². The maximum atomic E-state index is 12.8. The van der Waals surface area contributed by atoms with Crippen LogP contribution in [0.3, 0.4) is 0 Å². The van der Waals surface area contributed by atoms with E-state index in [-0.39, 0.29) is 12.2 Å². The maximum absolute atomic E-state index is 12.8. The van der Waals surface area contributed by atoms with Crippen LogP contribution in [0.15, 0.2) is 16.8 Å². The predicted molar refractivity (Wildman–Crippen MR) is 87.1 cm³/mol. The van der Waals surface area contributed by atoms with Gasteiger partial charge in [-0.2, -0.15) is 11.3 Å². The third-order valence-corrected chi connectivity index (χ3v) is 5.67. The smallest absolute Gasteiger partial charge is 0.241 e. The Morgan fingerprint density at radius 1 is 1.48 bits per heavy atom. The van der Waals surface area contributed by atoms with Crippen LogP contribution < -0.4 is 5.32 Å². The van der Waals surface area contributed by atoms with Crippen LogP contribution in [0, 0.1) is 11.3 Å².